The van der Waals surface area contributed by atoms with E-state index in [9.17, 15) is 9.59 Å². The summed E-state index contributed by atoms with van der Waals surface area (Å²) in [6, 6.07) is 8.20. The summed E-state index contributed by atoms with van der Waals surface area (Å²) >= 11 is 1.39. The number of thioether (sulfide) groups is 1. The van der Waals surface area contributed by atoms with Crippen LogP contribution in [0.2, 0.25) is 0 Å². The van der Waals surface area contributed by atoms with Crippen LogP contribution in [-0.2, 0) is 9.59 Å². The first-order valence-electron chi connectivity index (χ1n) is 6.77. The summed E-state index contributed by atoms with van der Waals surface area (Å²) in [5.74, 6) is -0.0735. The van der Waals surface area contributed by atoms with E-state index in [1.807, 2.05) is 29.2 Å². The Morgan fingerprint density at radius 2 is 1.95 bits per heavy atom. The molecule has 0 radical (unpaired) electrons. The molecule has 1 unspecified atom stereocenters. The minimum absolute atomic E-state index is 0.0249. The van der Waals surface area contributed by atoms with E-state index in [4.69, 9.17) is 0 Å². The highest BCUT2D eigenvalue weighted by Gasteiger charge is 2.40. The SMILES string of the molecule is CC(=O)C1Sc2ccccc2N(C2CCCC2)C1=O. The van der Waals surface area contributed by atoms with Crippen molar-refractivity contribution >= 4 is 29.1 Å². The molecule has 1 aromatic rings. The van der Waals surface area contributed by atoms with Gasteiger partial charge in [-0.1, -0.05) is 25.0 Å². The van der Waals surface area contributed by atoms with E-state index in [2.05, 4.69) is 0 Å². The standard InChI is InChI=1S/C15H17NO2S/c1-10(17)14-15(18)16(11-6-2-3-7-11)12-8-4-5-9-13(12)19-14/h4-5,8-9,11,14H,2-3,6-7H2,1H3. The highest BCUT2D eigenvalue weighted by Crippen LogP contribution is 2.42. The van der Waals surface area contributed by atoms with Crippen LogP contribution in [0.15, 0.2) is 29.2 Å². The van der Waals surface area contributed by atoms with Crippen LogP contribution in [0.5, 0.6) is 0 Å². The molecule has 3 nitrogen and oxygen atoms in total. The maximum Gasteiger partial charge on any atom is 0.248 e. The van der Waals surface area contributed by atoms with Gasteiger partial charge in [-0.15, -0.1) is 11.8 Å². The van der Waals surface area contributed by atoms with Gasteiger partial charge in [-0.05, 0) is 31.9 Å². The first-order valence-corrected chi connectivity index (χ1v) is 7.65. The van der Waals surface area contributed by atoms with Crippen molar-refractivity contribution in [1.82, 2.24) is 0 Å². The topological polar surface area (TPSA) is 37.4 Å². The van der Waals surface area contributed by atoms with Gasteiger partial charge in [0.05, 0.1) is 5.69 Å². The van der Waals surface area contributed by atoms with Crippen molar-refractivity contribution < 1.29 is 9.59 Å². The Bertz CT molecular complexity index is 523. The van der Waals surface area contributed by atoms with E-state index in [1.54, 1.807) is 0 Å². The third-order valence-electron chi connectivity index (χ3n) is 3.89. The molecule has 0 aromatic heterocycles. The Labute approximate surface area is 117 Å². The highest BCUT2D eigenvalue weighted by atomic mass is 32.2. The van der Waals surface area contributed by atoms with Crippen LogP contribution < -0.4 is 4.90 Å². The van der Waals surface area contributed by atoms with E-state index < -0.39 is 5.25 Å². The number of anilines is 1. The molecule has 2 aliphatic rings. The minimum atomic E-state index is -0.560. The molecule has 1 saturated carbocycles. The van der Waals surface area contributed by atoms with Crippen LogP contribution >= 0.6 is 11.8 Å². The third kappa shape index (κ3) is 2.18. The van der Waals surface area contributed by atoms with E-state index >= 15 is 0 Å². The molecular formula is C15H17NO2S. The van der Waals surface area contributed by atoms with Crippen LogP contribution in [-0.4, -0.2) is 23.0 Å². The number of hydrogen-bond donors (Lipinski definition) is 0. The fourth-order valence-electron chi connectivity index (χ4n) is 2.97. The van der Waals surface area contributed by atoms with Crippen molar-refractivity contribution in [2.45, 2.75) is 48.8 Å². The summed E-state index contributed by atoms with van der Waals surface area (Å²) in [7, 11) is 0. The number of para-hydroxylation sites is 1. The molecule has 3 rings (SSSR count). The third-order valence-corrected chi connectivity index (χ3v) is 5.26. The van der Waals surface area contributed by atoms with Crippen molar-refractivity contribution in [1.29, 1.82) is 0 Å². The second kappa shape index (κ2) is 5.00. The molecular weight excluding hydrogens is 258 g/mol. The number of amides is 1. The maximum atomic E-state index is 12.6. The number of benzene rings is 1. The Hall–Kier alpha value is -1.29. The zero-order valence-corrected chi connectivity index (χ0v) is 11.8. The smallest absolute Gasteiger partial charge is 0.248 e. The van der Waals surface area contributed by atoms with Gasteiger partial charge >= 0.3 is 0 Å². The Morgan fingerprint density at radius 3 is 2.63 bits per heavy atom. The summed E-state index contributed by atoms with van der Waals surface area (Å²) < 4.78 is 0. The van der Waals surface area contributed by atoms with Gasteiger partial charge in [0, 0.05) is 10.9 Å². The van der Waals surface area contributed by atoms with Crippen LogP contribution in [0.25, 0.3) is 0 Å². The van der Waals surface area contributed by atoms with Crippen LogP contribution in [0, 0.1) is 0 Å². The molecule has 1 aliphatic heterocycles. The summed E-state index contributed by atoms with van der Waals surface area (Å²) in [5, 5.41) is -0.560. The molecule has 1 amide bonds. The molecule has 19 heavy (non-hydrogen) atoms. The zero-order valence-electron chi connectivity index (χ0n) is 11.0. The lowest BCUT2D eigenvalue weighted by Crippen LogP contribution is -2.48. The van der Waals surface area contributed by atoms with Gasteiger partial charge in [-0.25, -0.2) is 0 Å². The number of carbonyl (C=O) groups is 2. The van der Waals surface area contributed by atoms with E-state index in [0.29, 0.717) is 0 Å². The van der Waals surface area contributed by atoms with E-state index in [-0.39, 0.29) is 17.7 Å². The normalized spacial score (nSPS) is 23.5. The Balaban J connectivity index is 2.03. The molecule has 0 spiro atoms. The van der Waals surface area contributed by atoms with Gasteiger partial charge in [-0.3, -0.25) is 9.59 Å². The van der Waals surface area contributed by atoms with Crippen molar-refractivity contribution in [3.8, 4) is 0 Å². The Kier molecular flexibility index (Phi) is 3.35. The predicted octanol–water partition coefficient (Wildman–Crippen LogP) is 3.03. The lowest BCUT2D eigenvalue weighted by Gasteiger charge is -2.36. The van der Waals surface area contributed by atoms with Crippen molar-refractivity contribution in [2.75, 3.05) is 4.90 Å². The van der Waals surface area contributed by atoms with Crippen molar-refractivity contribution in [2.24, 2.45) is 0 Å². The maximum absolute atomic E-state index is 12.6. The molecule has 1 heterocycles. The average Bonchev–Trinajstić information content (AvgIpc) is 2.91. The molecule has 1 fully saturated rings. The number of rotatable bonds is 2. The molecule has 4 heteroatoms. The summed E-state index contributed by atoms with van der Waals surface area (Å²) in [4.78, 5) is 27.3. The molecule has 100 valence electrons. The first kappa shape index (κ1) is 12.7. The van der Waals surface area contributed by atoms with Gasteiger partial charge in [0.1, 0.15) is 5.25 Å². The number of hydrogen-bond acceptors (Lipinski definition) is 3. The molecule has 0 bridgehead atoms. The van der Waals surface area contributed by atoms with Crippen LogP contribution in [0.3, 0.4) is 0 Å². The second-order valence-electron chi connectivity index (χ2n) is 5.22. The van der Waals surface area contributed by atoms with Gasteiger partial charge in [0.25, 0.3) is 0 Å². The summed E-state index contributed by atoms with van der Waals surface area (Å²) in [5.41, 5.74) is 0.988. The summed E-state index contributed by atoms with van der Waals surface area (Å²) in [6.07, 6.45) is 4.45. The van der Waals surface area contributed by atoms with Gasteiger partial charge in [0.15, 0.2) is 5.78 Å². The average molecular weight is 275 g/mol. The van der Waals surface area contributed by atoms with Crippen molar-refractivity contribution in [3.05, 3.63) is 24.3 Å². The fourth-order valence-corrected chi connectivity index (χ4v) is 4.05. The molecule has 1 aromatic carbocycles. The minimum Gasteiger partial charge on any atom is -0.307 e. The first-order chi connectivity index (χ1) is 9.18. The largest absolute Gasteiger partial charge is 0.307 e. The highest BCUT2D eigenvalue weighted by molar-refractivity contribution is 8.01. The van der Waals surface area contributed by atoms with E-state index in [1.165, 1.54) is 31.5 Å². The van der Waals surface area contributed by atoms with Gasteiger partial charge in [0.2, 0.25) is 5.91 Å². The molecule has 1 atom stereocenters. The quantitative estimate of drug-likeness (QED) is 0.779. The molecule has 0 saturated heterocycles. The number of fused-ring (bicyclic) bond motifs is 1. The number of carbonyl (C=O) groups excluding carboxylic acids is 2. The van der Waals surface area contributed by atoms with Crippen LogP contribution in [0.4, 0.5) is 5.69 Å². The second-order valence-corrected chi connectivity index (χ2v) is 6.37. The lowest BCUT2D eigenvalue weighted by molar-refractivity contribution is -0.125. The van der Waals surface area contributed by atoms with Crippen LogP contribution in [0.1, 0.15) is 32.6 Å². The summed E-state index contributed by atoms with van der Waals surface area (Å²) in [6.45, 7) is 1.51. The molecule has 1 aliphatic carbocycles. The number of Topliss-reactive ketones (excluding diaryl/α,β-unsaturated/α-hetero) is 1. The fraction of sp³-hybridized carbons (Fsp3) is 0.467. The predicted molar refractivity (Wildman–Crippen MR) is 76.5 cm³/mol. The zero-order chi connectivity index (χ0) is 13.4. The number of nitrogens with zero attached hydrogens (tertiary/aromatic N) is 1. The molecule has 0 N–H and O–H groups in total. The lowest BCUT2D eigenvalue weighted by atomic mass is 10.1. The van der Waals surface area contributed by atoms with E-state index in [0.717, 1.165) is 23.4 Å². The number of ketones is 1. The Morgan fingerprint density at radius 1 is 1.26 bits per heavy atom. The van der Waals surface area contributed by atoms with Gasteiger partial charge in [-0.2, -0.15) is 0 Å². The van der Waals surface area contributed by atoms with Crippen molar-refractivity contribution in [3.63, 3.8) is 0 Å². The monoisotopic (exact) mass is 275 g/mol. The van der Waals surface area contributed by atoms with Gasteiger partial charge < -0.3 is 4.90 Å².